The van der Waals surface area contributed by atoms with E-state index in [0.717, 1.165) is 21.0 Å². The Kier molecular flexibility index (Phi) is 4.71. The SMILES string of the molecule is Cc1sc(-c2nc3c(C)c4sc(-c5sc(C)c(C)c5C)nc4c(C)c3s2)c(C)c1C. The molecule has 0 amide bonds. The molecule has 30 heavy (non-hydrogen) atoms. The Labute approximate surface area is 193 Å². The van der Waals surface area contributed by atoms with E-state index in [1.807, 2.05) is 45.3 Å². The average Bonchev–Trinajstić information content (AvgIpc) is 3.46. The fourth-order valence-corrected chi connectivity index (χ4v) is 8.80. The van der Waals surface area contributed by atoms with Crippen LogP contribution in [0.2, 0.25) is 0 Å². The third kappa shape index (κ3) is 2.77. The number of aromatic nitrogens is 2. The zero-order valence-corrected chi connectivity index (χ0v) is 21.8. The number of nitrogens with zero attached hydrogens (tertiary/aromatic N) is 2. The number of hydrogen-bond donors (Lipinski definition) is 0. The van der Waals surface area contributed by atoms with Crippen LogP contribution in [0.5, 0.6) is 0 Å². The zero-order valence-electron chi connectivity index (χ0n) is 18.5. The summed E-state index contributed by atoms with van der Waals surface area (Å²) in [7, 11) is 0. The van der Waals surface area contributed by atoms with E-state index in [1.54, 1.807) is 0 Å². The van der Waals surface area contributed by atoms with Crippen LogP contribution in [0.15, 0.2) is 0 Å². The number of thiophene rings is 2. The fraction of sp³-hybridized carbons (Fsp3) is 0.333. The summed E-state index contributed by atoms with van der Waals surface area (Å²) in [5.41, 5.74) is 10.4. The van der Waals surface area contributed by atoms with Gasteiger partial charge in [0.2, 0.25) is 0 Å². The molecule has 2 nitrogen and oxygen atoms in total. The van der Waals surface area contributed by atoms with Crippen LogP contribution in [0.1, 0.15) is 43.1 Å². The van der Waals surface area contributed by atoms with Gasteiger partial charge in [-0.25, -0.2) is 9.97 Å². The van der Waals surface area contributed by atoms with Gasteiger partial charge in [0.15, 0.2) is 0 Å². The van der Waals surface area contributed by atoms with Gasteiger partial charge in [-0.3, -0.25) is 0 Å². The standard InChI is InChI=1S/C24H24N2S4/c1-9-11(3)21(27-15(9)7)23-25-17-13(5)20-18(14(6)19(17)29-23)26-24(30-20)22-12(4)10(2)16(8)28-22/h1-8H3. The van der Waals surface area contributed by atoms with Gasteiger partial charge in [0.25, 0.3) is 0 Å². The maximum Gasteiger partial charge on any atom is 0.134 e. The minimum Gasteiger partial charge on any atom is -0.235 e. The molecular weight excluding hydrogens is 445 g/mol. The molecule has 5 rings (SSSR count). The van der Waals surface area contributed by atoms with E-state index in [1.165, 1.54) is 62.3 Å². The Morgan fingerprint density at radius 1 is 0.433 bits per heavy atom. The number of fused-ring (bicyclic) bond motifs is 2. The quantitative estimate of drug-likeness (QED) is 0.258. The largest absolute Gasteiger partial charge is 0.235 e. The van der Waals surface area contributed by atoms with Crippen LogP contribution in [-0.4, -0.2) is 9.97 Å². The lowest BCUT2D eigenvalue weighted by Gasteiger charge is -2.00. The lowest BCUT2D eigenvalue weighted by atomic mass is 10.1. The van der Waals surface area contributed by atoms with Crippen molar-refractivity contribution in [1.82, 2.24) is 9.97 Å². The molecule has 4 aromatic heterocycles. The summed E-state index contributed by atoms with van der Waals surface area (Å²) in [6.45, 7) is 17.7. The first-order valence-corrected chi connectivity index (χ1v) is 13.3. The monoisotopic (exact) mass is 468 g/mol. The molecule has 0 unspecified atom stereocenters. The van der Waals surface area contributed by atoms with Crippen molar-refractivity contribution in [3.63, 3.8) is 0 Å². The molecule has 0 saturated heterocycles. The molecule has 0 saturated carbocycles. The number of thiazole rings is 2. The minimum atomic E-state index is 1.15. The molecule has 0 N–H and O–H groups in total. The Balaban J connectivity index is 1.75. The highest BCUT2D eigenvalue weighted by atomic mass is 32.1. The van der Waals surface area contributed by atoms with Crippen LogP contribution in [0.3, 0.4) is 0 Å². The summed E-state index contributed by atoms with van der Waals surface area (Å²) < 4.78 is 2.57. The van der Waals surface area contributed by atoms with Crippen molar-refractivity contribution in [2.24, 2.45) is 0 Å². The Morgan fingerprint density at radius 2 is 0.800 bits per heavy atom. The predicted molar refractivity (Wildman–Crippen MR) is 137 cm³/mol. The van der Waals surface area contributed by atoms with Crippen molar-refractivity contribution in [3.8, 4) is 19.8 Å². The zero-order chi connectivity index (χ0) is 21.5. The van der Waals surface area contributed by atoms with Gasteiger partial charge in [0.1, 0.15) is 10.0 Å². The van der Waals surface area contributed by atoms with Crippen LogP contribution < -0.4 is 0 Å². The van der Waals surface area contributed by atoms with Crippen molar-refractivity contribution in [3.05, 3.63) is 43.1 Å². The lowest BCUT2D eigenvalue weighted by Crippen LogP contribution is -1.84. The van der Waals surface area contributed by atoms with Crippen molar-refractivity contribution < 1.29 is 0 Å². The Bertz CT molecular complexity index is 1310. The van der Waals surface area contributed by atoms with Gasteiger partial charge in [-0.05, 0) is 88.8 Å². The van der Waals surface area contributed by atoms with Crippen LogP contribution in [0.4, 0.5) is 0 Å². The van der Waals surface area contributed by atoms with Gasteiger partial charge in [0, 0.05) is 9.75 Å². The number of benzene rings is 1. The van der Waals surface area contributed by atoms with Gasteiger partial charge in [-0.15, -0.1) is 45.3 Å². The fourth-order valence-electron chi connectivity index (χ4n) is 3.96. The number of aryl methyl sites for hydroxylation is 4. The van der Waals surface area contributed by atoms with Gasteiger partial charge >= 0.3 is 0 Å². The first-order valence-electron chi connectivity index (χ1n) is 10.0. The normalized spacial score (nSPS) is 12.0. The van der Waals surface area contributed by atoms with E-state index in [2.05, 4.69) is 55.4 Å². The molecule has 0 aliphatic rings. The number of hydrogen-bond acceptors (Lipinski definition) is 6. The van der Waals surface area contributed by atoms with Crippen LogP contribution >= 0.6 is 45.3 Å². The topological polar surface area (TPSA) is 25.8 Å². The van der Waals surface area contributed by atoms with E-state index in [0.29, 0.717) is 0 Å². The highest BCUT2D eigenvalue weighted by Gasteiger charge is 2.22. The summed E-state index contributed by atoms with van der Waals surface area (Å²) >= 11 is 7.38. The van der Waals surface area contributed by atoms with Crippen LogP contribution in [0, 0.1) is 55.4 Å². The molecule has 0 atom stereocenters. The highest BCUT2D eigenvalue weighted by molar-refractivity contribution is 7.27. The molecule has 4 heterocycles. The minimum absolute atomic E-state index is 1.15. The molecule has 1 aromatic carbocycles. The predicted octanol–water partition coefficient (Wildman–Crippen LogP) is 8.83. The maximum atomic E-state index is 5.14. The second-order valence-electron chi connectivity index (χ2n) is 8.12. The third-order valence-electron chi connectivity index (χ3n) is 6.41. The number of rotatable bonds is 2. The van der Waals surface area contributed by atoms with E-state index in [9.17, 15) is 0 Å². The maximum absolute atomic E-state index is 5.14. The van der Waals surface area contributed by atoms with Gasteiger partial charge in [0.05, 0.1) is 30.2 Å². The Hall–Kier alpha value is -1.60. The first-order chi connectivity index (χ1) is 14.2. The van der Waals surface area contributed by atoms with Crippen molar-refractivity contribution in [2.75, 3.05) is 0 Å². The summed E-state index contributed by atoms with van der Waals surface area (Å²) in [5.74, 6) is 0. The van der Waals surface area contributed by atoms with Crippen molar-refractivity contribution in [1.29, 1.82) is 0 Å². The van der Waals surface area contributed by atoms with Gasteiger partial charge < -0.3 is 0 Å². The Morgan fingerprint density at radius 3 is 1.10 bits per heavy atom. The summed E-state index contributed by atoms with van der Waals surface area (Å²) in [5, 5.41) is 2.29. The van der Waals surface area contributed by atoms with Gasteiger partial charge in [-0.2, -0.15) is 0 Å². The smallest absolute Gasteiger partial charge is 0.134 e. The molecule has 0 bridgehead atoms. The van der Waals surface area contributed by atoms with Crippen molar-refractivity contribution >= 4 is 65.8 Å². The second-order valence-corrected chi connectivity index (χ2v) is 12.6. The molecule has 5 aromatic rings. The van der Waals surface area contributed by atoms with Crippen molar-refractivity contribution in [2.45, 2.75) is 55.4 Å². The van der Waals surface area contributed by atoms with E-state index < -0.39 is 0 Å². The molecule has 154 valence electrons. The molecule has 0 aliphatic carbocycles. The van der Waals surface area contributed by atoms with Crippen LogP contribution in [-0.2, 0) is 0 Å². The summed E-state index contributed by atoms with van der Waals surface area (Å²) in [4.78, 5) is 15.7. The third-order valence-corrected chi connectivity index (χ3v) is 11.7. The average molecular weight is 469 g/mol. The molecule has 0 aliphatic heterocycles. The molecule has 6 heteroatoms. The lowest BCUT2D eigenvalue weighted by molar-refractivity contribution is 1.34. The van der Waals surface area contributed by atoms with E-state index in [4.69, 9.17) is 9.97 Å². The summed E-state index contributed by atoms with van der Waals surface area (Å²) in [6, 6.07) is 0. The molecule has 0 fully saturated rings. The van der Waals surface area contributed by atoms with Gasteiger partial charge in [-0.1, -0.05) is 0 Å². The van der Waals surface area contributed by atoms with E-state index in [-0.39, 0.29) is 0 Å². The van der Waals surface area contributed by atoms with E-state index >= 15 is 0 Å². The second kappa shape index (κ2) is 6.95. The molecule has 0 radical (unpaired) electrons. The highest BCUT2D eigenvalue weighted by Crippen LogP contribution is 2.46. The molecular formula is C24H24N2S4. The summed E-state index contributed by atoms with van der Waals surface area (Å²) in [6.07, 6.45) is 0. The first kappa shape index (κ1) is 20.3. The molecule has 0 spiro atoms. The van der Waals surface area contributed by atoms with Crippen LogP contribution in [0.25, 0.3) is 40.2 Å².